The molecule has 0 fully saturated rings. The second-order valence-corrected chi connectivity index (χ2v) is 9.31. The van der Waals surface area contributed by atoms with E-state index in [-0.39, 0.29) is 17.7 Å². The third-order valence-corrected chi connectivity index (χ3v) is 5.92. The summed E-state index contributed by atoms with van der Waals surface area (Å²) in [6, 6.07) is 5.89. The molecule has 0 spiro atoms. The molecule has 0 bridgehead atoms. The predicted molar refractivity (Wildman–Crippen MR) is 119 cm³/mol. The van der Waals surface area contributed by atoms with Crippen LogP contribution in [-0.2, 0) is 16.0 Å². The number of alkyl carbamates (subject to hydrolysis) is 1. The van der Waals surface area contributed by atoms with Crippen LogP contribution in [0, 0.1) is 0 Å². The Morgan fingerprint density at radius 1 is 1.22 bits per heavy atom. The molecule has 0 unspecified atom stereocenters. The fraction of sp³-hybridized carbons (Fsp3) is 0.364. The number of primary amides is 1. The fourth-order valence-electron chi connectivity index (χ4n) is 3.29. The number of thioether (sulfide) groups is 1. The van der Waals surface area contributed by atoms with Crippen molar-refractivity contribution in [3.05, 3.63) is 63.1 Å². The number of rotatable bonds is 5. The number of hydrogen-bond donors (Lipinski definition) is 2. The summed E-state index contributed by atoms with van der Waals surface area (Å²) >= 11 is 1.30. The van der Waals surface area contributed by atoms with Gasteiger partial charge in [0.25, 0.3) is 5.56 Å². The largest absolute Gasteiger partial charge is 0.465 e. The average Bonchev–Trinajstić information content (AvgIpc) is 3.12. The Morgan fingerprint density at radius 3 is 2.44 bits per heavy atom. The van der Waals surface area contributed by atoms with Gasteiger partial charge in [0.05, 0.1) is 30.8 Å². The highest BCUT2D eigenvalue weighted by molar-refractivity contribution is 7.99. The van der Waals surface area contributed by atoms with Gasteiger partial charge < -0.3 is 25.1 Å². The molecular weight excluding hydrogens is 434 g/mol. The van der Waals surface area contributed by atoms with Crippen LogP contribution < -0.4 is 16.6 Å². The third-order valence-electron chi connectivity index (χ3n) is 4.70. The minimum absolute atomic E-state index is 0.152. The average molecular weight is 460 g/mol. The quantitative estimate of drug-likeness (QED) is 0.657. The van der Waals surface area contributed by atoms with Crippen LogP contribution in [0.4, 0.5) is 4.79 Å². The molecule has 3 rings (SSSR count). The highest BCUT2D eigenvalue weighted by atomic mass is 32.2. The Hall–Kier alpha value is -3.27. The number of nitrogens with one attached hydrogen (secondary N) is 1. The molecule has 1 aromatic heterocycles. The summed E-state index contributed by atoms with van der Waals surface area (Å²) in [6.45, 7) is 5.39. The Balaban J connectivity index is 1.99. The molecule has 2 amide bonds. The first kappa shape index (κ1) is 23.4. The van der Waals surface area contributed by atoms with Gasteiger partial charge >= 0.3 is 12.1 Å². The van der Waals surface area contributed by atoms with Gasteiger partial charge in [0, 0.05) is 22.4 Å². The van der Waals surface area contributed by atoms with E-state index in [0.717, 1.165) is 5.56 Å². The zero-order chi connectivity index (χ0) is 23.6. The minimum Gasteiger partial charge on any atom is -0.465 e. The molecule has 2 aromatic rings. The van der Waals surface area contributed by atoms with Crippen molar-refractivity contribution in [1.82, 2.24) is 9.88 Å². The van der Waals surface area contributed by atoms with Crippen molar-refractivity contribution in [2.24, 2.45) is 5.73 Å². The third kappa shape index (κ3) is 5.13. The molecule has 1 aromatic carbocycles. The highest BCUT2D eigenvalue weighted by Gasteiger charge is 2.34. The lowest BCUT2D eigenvalue weighted by Crippen LogP contribution is -2.38. The number of nitrogens with zero attached hydrogens (tertiary/aromatic N) is 1. The number of aromatic nitrogens is 1. The Bertz CT molecular complexity index is 1120. The number of methoxy groups -OCH3 is 1. The van der Waals surface area contributed by atoms with Crippen LogP contribution in [0.5, 0.6) is 0 Å². The van der Waals surface area contributed by atoms with Crippen LogP contribution in [0.1, 0.15) is 58.7 Å². The van der Waals surface area contributed by atoms with E-state index >= 15 is 0 Å². The highest BCUT2D eigenvalue weighted by Crippen LogP contribution is 2.39. The molecule has 9 nitrogen and oxygen atoms in total. The first-order valence-electron chi connectivity index (χ1n) is 9.87. The van der Waals surface area contributed by atoms with Crippen molar-refractivity contribution < 1.29 is 23.9 Å². The van der Waals surface area contributed by atoms with E-state index in [1.54, 1.807) is 45.0 Å². The maximum Gasteiger partial charge on any atom is 0.408 e. The van der Waals surface area contributed by atoms with Crippen LogP contribution in [0.25, 0.3) is 0 Å². The summed E-state index contributed by atoms with van der Waals surface area (Å²) < 4.78 is 11.6. The molecule has 0 aliphatic carbocycles. The number of ether oxygens (including phenoxy) is 2. The fourth-order valence-corrected chi connectivity index (χ4v) is 4.55. The SMILES string of the molecule is COC(=O)c1cn(Cc2ccc(C(N)=O)cc2)c(=O)c2c1SC[C@@H]2NC(=O)OC(C)(C)C. The van der Waals surface area contributed by atoms with E-state index in [1.165, 1.54) is 29.6 Å². The standard InChI is InChI=1S/C22H25N3O6S/c1-22(2,3)31-21(29)24-15-11-32-17-14(20(28)30-4)10-25(19(27)16(15)17)9-12-5-7-13(8-6-12)18(23)26/h5-8,10,15H,9,11H2,1-4H3,(H2,23,26)(H,24,29)/t15-/m0/s1. The summed E-state index contributed by atoms with van der Waals surface area (Å²) in [5.74, 6) is -0.748. The van der Waals surface area contributed by atoms with Crippen LogP contribution in [0.15, 0.2) is 40.2 Å². The molecule has 170 valence electrons. The Labute approximate surface area is 189 Å². The van der Waals surface area contributed by atoms with E-state index in [1.807, 2.05) is 0 Å². The number of pyridine rings is 1. The molecule has 32 heavy (non-hydrogen) atoms. The number of amides is 2. The molecule has 2 heterocycles. The lowest BCUT2D eigenvalue weighted by Gasteiger charge is -2.22. The molecule has 1 aliphatic heterocycles. The normalized spacial score (nSPS) is 15.1. The van der Waals surface area contributed by atoms with Crippen molar-refractivity contribution in [3.8, 4) is 0 Å². The van der Waals surface area contributed by atoms with Gasteiger partial charge in [-0.2, -0.15) is 0 Å². The molecular formula is C22H25N3O6S. The Morgan fingerprint density at radius 2 is 1.88 bits per heavy atom. The van der Waals surface area contributed by atoms with Crippen molar-refractivity contribution in [1.29, 1.82) is 0 Å². The number of carbonyl (C=O) groups is 3. The zero-order valence-corrected chi connectivity index (χ0v) is 19.1. The number of esters is 1. The lowest BCUT2D eigenvalue weighted by molar-refractivity contribution is 0.0508. The van der Waals surface area contributed by atoms with Crippen molar-refractivity contribution in [2.75, 3.05) is 12.9 Å². The van der Waals surface area contributed by atoms with Crippen molar-refractivity contribution >= 4 is 29.7 Å². The second kappa shape index (κ2) is 9.07. The van der Waals surface area contributed by atoms with Crippen LogP contribution >= 0.6 is 11.8 Å². The van der Waals surface area contributed by atoms with Crippen LogP contribution in [-0.4, -0.2) is 41.0 Å². The summed E-state index contributed by atoms with van der Waals surface area (Å²) in [4.78, 5) is 49.8. The van der Waals surface area contributed by atoms with Gasteiger partial charge in [-0.25, -0.2) is 9.59 Å². The molecule has 1 aliphatic rings. The number of carbonyl (C=O) groups excluding carboxylic acids is 3. The maximum atomic E-state index is 13.3. The molecule has 10 heteroatoms. The molecule has 0 saturated carbocycles. The van der Waals surface area contributed by atoms with Gasteiger partial charge in [-0.3, -0.25) is 9.59 Å². The van der Waals surface area contributed by atoms with Gasteiger partial charge in [-0.15, -0.1) is 11.8 Å². The number of nitrogens with two attached hydrogens (primary N) is 1. The molecule has 0 radical (unpaired) electrons. The maximum absolute atomic E-state index is 13.3. The van der Waals surface area contributed by atoms with E-state index in [2.05, 4.69) is 5.32 Å². The summed E-state index contributed by atoms with van der Waals surface area (Å²) in [5.41, 5.74) is 5.89. The number of fused-ring (bicyclic) bond motifs is 1. The van der Waals surface area contributed by atoms with Gasteiger partial charge in [-0.05, 0) is 38.5 Å². The van der Waals surface area contributed by atoms with Crippen molar-refractivity contribution in [2.45, 2.75) is 43.9 Å². The summed E-state index contributed by atoms with van der Waals surface area (Å²) in [5, 5.41) is 2.73. The smallest absolute Gasteiger partial charge is 0.408 e. The molecule has 1 atom stereocenters. The number of benzene rings is 1. The van der Waals surface area contributed by atoms with Gasteiger partial charge in [-0.1, -0.05) is 12.1 Å². The number of hydrogen-bond acceptors (Lipinski definition) is 7. The van der Waals surface area contributed by atoms with E-state index < -0.39 is 29.6 Å². The summed E-state index contributed by atoms with van der Waals surface area (Å²) in [6.07, 6.45) is 0.810. The predicted octanol–water partition coefficient (Wildman–Crippen LogP) is 2.45. The minimum atomic E-state index is -0.691. The van der Waals surface area contributed by atoms with Gasteiger partial charge in [0.1, 0.15) is 5.60 Å². The lowest BCUT2D eigenvalue weighted by atomic mass is 10.1. The zero-order valence-electron chi connectivity index (χ0n) is 18.3. The first-order valence-corrected chi connectivity index (χ1v) is 10.9. The molecule has 3 N–H and O–H groups in total. The van der Waals surface area contributed by atoms with Crippen LogP contribution in [0.2, 0.25) is 0 Å². The first-order chi connectivity index (χ1) is 15.0. The van der Waals surface area contributed by atoms with E-state index in [9.17, 15) is 19.2 Å². The van der Waals surface area contributed by atoms with Crippen molar-refractivity contribution in [3.63, 3.8) is 0 Å². The van der Waals surface area contributed by atoms with E-state index in [0.29, 0.717) is 21.8 Å². The summed E-state index contributed by atoms with van der Waals surface area (Å²) in [7, 11) is 1.27. The van der Waals surface area contributed by atoms with Crippen LogP contribution in [0.3, 0.4) is 0 Å². The van der Waals surface area contributed by atoms with Gasteiger partial charge in [0.2, 0.25) is 5.91 Å². The van der Waals surface area contributed by atoms with E-state index in [4.69, 9.17) is 15.2 Å². The van der Waals surface area contributed by atoms with Gasteiger partial charge in [0.15, 0.2) is 0 Å². The molecule has 0 saturated heterocycles. The topological polar surface area (TPSA) is 130 Å². The Kier molecular flexibility index (Phi) is 6.63. The second-order valence-electron chi connectivity index (χ2n) is 8.28. The monoisotopic (exact) mass is 459 g/mol.